The summed E-state index contributed by atoms with van der Waals surface area (Å²) in [7, 11) is 0. The van der Waals surface area contributed by atoms with E-state index >= 15 is 0 Å². The molecule has 4 aliphatic carbocycles. The molecule has 0 aromatic heterocycles. The maximum atomic E-state index is 13.2. The number of anilines is 1. The van der Waals surface area contributed by atoms with Gasteiger partial charge in [-0.3, -0.25) is 9.59 Å². The minimum atomic E-state index is -0.117. The van der Waals surface area contributed by atoms with E-state index < -0.39 is 0 Å². The number of hydrogen-bond donors (Lipinski definition) is 1. The van der Waals surface area contributed by atoms with Crippen LogP contribution in [0.4, 0.5) is 5.69 Å². The zero-order valence-electron chi connectivity index (χ0n) is 16.1. The minimum absolute atomic E-state index is 0.117. The fourth-order valence-electron chi connectivity index (χ4n) is 6.65. The lowest BCUT2D eigenvalue weighted by Crippen LogP contribution is -2.51. The highest BCUT2D eigenvalue weighted by Gasteiger charge is 2.54. The zero-order chi connectivity index (χ0) is 18.4. The van der Waals surface area contributed by atoms with Gasteiger partial charge in [0, 0.05) is 25.2 Å². The maximum absolute atomic E-state index is 13.2. The van der Waals surface area contributed by atoms with E-state index in [-0.39, 0.29) is 17.2 Å². The summed E-state index contributed by atoms with van der Waals surface area (Å²) in [5.74, 6) is 2.83. The molecule has 0 radical (unpaired) electrons. The summed E-state index contributed by atoms with van der Waals surface area (Å²) in [5.41, 5.74) is 1.87. The summed E-state index contributed by atoms with van der Waals surface area (Å²) < 4.78 is 0. The molecule has 1 saturated heterocycles. The molecular formula is C23H30N2O2. The fourth-order valence-corrected chi connectivity index (χ4v) is 6.65. The molecule has 6 rings (SSSR count). The highest BCUT2D eigenvalue weighted by molar-refractivity contribution is 5.95. The number of likely N-dealkylation sites (tertiary alicyclic amines) is 1. The van der Waals surface area contributed by atoms with Crippen LogP contribution in [0.3, 0.4) is 0 Å². The predicted octanol–water partition coefficient (Wildman–Crippen LogP) is 4.35. The first-order chi connectivity index (χ1) is 13.1. The number of piperidine rings is 1. The van der Waals surface area contributed by atoms with E-state index in [9.17, 15) is 9.59 Å². The quantitative estimate of drug-likeness (QED) is 0.861. The second-order valence-electron chi connectivity index (χ2n) is 9.62. The molecule has 0 spiro atoms. The molecule has 0 unspecified atom stereocenters. The van der Waals surface area contributed by atoms with E-state index in [2.05, 4.69) is 17.4 Å². The van der Waals surface area contributed by atoms with E-state index in [0.29, 0.717) is 13.0 Å². The van der Waals surface area contributed by atoms with Crippen molar-refractivity contribution in [2.24, 2.45) is 23.2 Å². The Balaban J connectivity index is 1.28. The van der Waals surface area contributed by atoms with Crippen molar-refractivity contribution in [2.75, 3.05) is 11.9 Å². The maximum Gasteiger partial charge on any atom is 0.230 e. The van der Waals surface area contributed by atoms with Crippen LogP contribution in [-0.4, -0.2) is 23.3 Å². The summed E-state index contributed by atoms with van der Waals surface area (Å²) in [5, 5.41) is 3.25. The lowest BCUT2D eigenvalue weighted by Gasteiger charge is -2.55. The van der Waals surface area contributed by atoms with E-state index in [0.717, 1.165) is 67.7 Å². The second-order valence-corrected chi connectivity index (χ2v) is 9.62. The van der Waals surface area contributed by atoms with E-state index in [1.807, 2.05) is 17.0 Å². The molecule has 0 atom stereocenters. The second kappa shape index (κ2) is 6.65. The monoisotopic (exact) mass is 366 g/mol. The van der Waals surface area contributed by atoms with Gasteiger partial charge in [0.1, 0.15) is 0 Å². The van der Waals surface area contributed by atoms with Crippen LogP contribution < -0.4 is 5.32 Å². The van der Waals surface area contributed by atoms with Crippen LogP contribution in [0.2, 0.25) is 0 Å². The Hall–Kier alpha value is -1.84. The van der Waals surface area contributed by atoms with Crippen LogP contribution in [0.5, 0.6) is 0 Å². The van der Waals surface area contributed by atoms with Crippen LogP contribution in [0.25, 0.3) is 0 Å². The van der Waals surface area contributed by atoms with E-state index in [4.69, 9.17) is 0 Å². The number of hydrogen-bond acceptors (Lipinski definition) is 2. The molecule has 4 nitrogen and oxygen atoms in total. The van der Waals surface area contributed by atoms with Gasteiger partial charge in [0.15, 0.2) is 0 Å². The Morgan fingerprint density at radius 3 is 2.44 bits per heavy atom. The van der Waals surface area contributed by atoms with Crippen molar-refractivity contribution < 1.29 is 9.59 Å². The Labute approximate surface area is 161 Å². The lowest BCUT2D eigenvalue weighted by molar-refractivity contribution is -0.140. The van der Waals surface area contributed by atoms with Crippen molar-refractivity contribution in [2.45, 2.75) is 64.3 Å². The molecule has 4 bridgehead atoms. The molecule has 4 saturated carbocycles. The average Bonchev–Trinajstić information content (AvgIpc) is 2.63. The summed E-state index contributed by atoms with van der Waals surface area (Å²) in [4.78, 5) is 27.3. The Morgan fingerprint density at radius 1 is 1.07 bits per heavy atom. The molecule has 5 fully saturated rings. The molecule has 1 aromatic rings. The average molecular weight is 367 g/mol. The van der Waals surface area contributed by atoms with Gasteiger partial charge in [-0.1, -0.05) is 12.1 Å². The van der Waals surface area contributed by atoms with Crippen molar-refractivity contribution >= 4 is 17.5 Å². The molecule has 5 aliphatic rings. The van der Waals surface area contributed by atoms with Gasteiger partial charge in [0.2, 0.25) is 11.8 Å². The van der Waals surface area contributed by atoms with E-state index in [1.165, 1.54) is 19.3 Å². The summed E-state index contributed by atoms with van der Waals surface area (Å²) in [6.45, 7) is 1.50. The number of nitrogens with zero attached hydrogens (tertiary/aromatic N) is 1. The van der Waals surface area contributed by atoms with Gasteiger partial charge in [-0.2, -0.15) is 0 Å². The SMILES string of the molecule is O=C1CCCCN1Cc1cccc(NC(=O)C23CC4CC(CC(C4)C2)C3)c1. The third-order valence-corrected chi connectivity index (χ3v) is 7.50. The van der Waals surface area contributed by atoms with Crippen molar-refractivity contribution in [3.63, 3.8) is 0 Å². The largest absolute Gasteiger partial charge is 0.338 e. The normalized spacial score (nSPS) is 34.7. The predicted molar refractivity (Wildman–Crippen MR) is 105 cm³/mol. The first kappa shape index (κ1) is 17.3. The van der Waals surface area contributed by atoms with Gasteiger partial charge in [-0.05, 0) is 86.8 Å². The van der Waals surface area contributed by atoms with Crippen molar-refractivity contribution in [3.8, 4) is 0 Å². The summed E-state index contributed by atoms with van der Waals surface area (Å²) in [6, 6.07) is 8.10. The van der Waals surface area contributed by atoms with Crippen LogP contribution in [0, 0.1) is 23.2 Å². The van der Waals surface area contributed by atoms with Crippen LogP contribution in [0.15, 0.2) is 24.3 Å². The van der Waals surface area contributed by atoms with Gasteiger partial charge >= 0.3 is 0 Å². The molecule has 144 valence electrons. The first-order valence-corrected chi connectivity index (χ1v) is 10.8. The van der Waals surface area contributed by atoms with Gasteiger partial charge in [0.05, 0.1) is 5.41 Å². The molecular weight excluding hydrogens is 336 g/mol. The van der Waals surface area contributed by atoms with Gasteiger partial charge < -0.3 is 10.2 Å². The molecule has 4 heteroatoms. The topological polar surface area (TPSA) is 49.4 Å². The number of carbonyl (C=O) groups is 2. The van der Waals surface area contributed by atoms with Gasteiger partial charge in [-0.15, -0.1) is 0 Å². The lowest BCUT2D eigenvalue weighted by atomic mass is 9.49. The Kier molecular flexibility index (Phi) is 4.25. The molecule has 1 N–H and O–H groups in total. The van der Waals surface area contributed by atoms with Crippen molar-refractivity contribution in [1.29, 1.82) is 0 Å². The van der Waals surface area contributed by atoms with Crippen LogP contribution in [-0.2, 0) is 16.1 Å². The molecule has 1 aliphatic heterocycles. The highest BCUT2D eigenvalue weighted by atomic mass is 16.2. The summed E-state index contributed by atoms with van der Waals surface area (Å²) in [6.07, 6.45) is 10.1. The molecule has 1 heterocycles. The van der Waals surface area contributed by atoms with Crippen molar-refractivity contribution in [3.05, 3.63) is 29.8 Å². The zero-order valence-corrected chi connectivity index (χ0v) is 16.1. The third-order valence-electron chi connectivity index (χ3n) is 7.50. The van der Waals surface area contributed by atoms with Gasteiger partial charge in [-0.25, -0.2) is 0 Å². The molecule has 27 heavy (non-hydrogen) atoms. The minimum Gasteiger partial charge on any atom is -0.338 e. The van der Waals surface area contributed by atoms with Crippen molar-refractivity contribution in [1.82, 2.24) is 4.90 Å². The van der Waals surface area contributed by atoms with Crippen LogP contribution >= 0.6 is 0 Å². The number of nitrogens with one attached hydrogen (secondary N) is 1. The summed E-state index contributed by atoms with van der Waals surface area (Å²) >= 11 is 0. The number of carbonyl (C=O) groups excluding carboxylic acids is 2. The number of amides is 2. The highest BCUT2D eigenvalue weighted by Crippen LogP contribution is 2.60. The Bertz CT molecular complexity index is 721. The number of benzene rings is 1. The first-order valence-electron chi connectivity index (χ1n) is 10.8. The third kappa shape index (κ3) is 3.28. The standard InChI is InChI=1S/C23H30N2O2/c26-21-6-1-2-7-25(21)15-16-4-3-5-20(11-16)24-22(27)23-12-17-8-18(13-23)10-19(9-17)14-23/h3-5,11,17-19H,1-2,6-10,12-15H2,(H,24,27). The van der Waals surface area contributed by atoms with Gasteiger partial charge in [0.25, 0.3) is 0 Å². The molecule has 2 amide bonds. The molecule has 1 aromatic carbocycles. The van der Waals surface area contributed by atoms with E-state index in [1.54, 1.807) is 0 Å². The Morgan fingerprint density at radius 2 is 1.78 bits per heavy atom. The van der Waals surface area contributed by atoms with Crippen LogP contribution in [0.1, 0.15) is 63.4 Å². The fraction of sp³-hybridized carbons (Fsp3) is 0.652. The smallest absolute Gasteiger partial charge is 0.230 e. The number of rotatable bonds is 4.